The van der Waals surface area contributed by atoms with Gasteiger partial charge in [-0.1, -0.05) is 0 Å². The van der Waals surface area contributed by atoms with E-state index in [2.05, 4.69) is 15.1 Å². The van der Waals surface area contributed by atoms with Gasteiger partial charge in [-0.3, -0.25) is 14.5 Å². The number of rotatable bonds is 6. The largest absolute Gasteiger partial charge is 0.478 e. The van der Waals surface area contributed by atoms with Gasteiger partial charge in [-0.15, -0.1) is 0 Å². The van der Waals surface area contributed by atoms with E-state index in [4.69, 9.17) is 0 Å². The average molecular weight is 374 g/mol. The van der Waals surface area contributed by atoms with E-state index in [1.54, 1.807) is 31.1 Å². The van der Waals surface area contributed by atoms with E-state index in [-0.39, 0.29) is 23.3 Å². The van der Waals surface area contributed by atoms with Crippen LogP contribution in [0, 0.1) is 5.92 Å². The van der Waals surface area contributed by atoms with Crippen molar-refractivity contribution in [2.24, 2.45) is 5.92 Å². The minimum Gasteiger partial charge on any atom is -0.478 e. The summed E-state index contributed by atoms with van der Waals surface area (Å²) in [4.78, 5) is 41.2. The van der Waals surface area contributed by atoms with Crippen LogP contribution in [0.2, 0.25) is 0 Å². The Kier molecular flexibility index (Phi) is 5.65. The predicted molar refractivity (Wildman–Crippen MR) is 102 cm³/mol. The lowest BCUT2D eigenvalue weighted by atomic mass is 10.1. The quantitative estimate of drug-likeness (QED) is 0.770. The van der Waals surface area contributed by atoms with E-state index in [0.29, 0.717) is 25.3 Å². The molecular weight excluding hydrogens is 348 g/mol. The molecule has 0 atom stereocenters. The highest BCUT2D eigenvalue weighted by Crippen LogP contribution is 2.31. The number of carboxylic acids is 1. The van der Waals surface area contributed by atoms with Crippen LogP contribution in [-0.2, 0) is 9.59 Å². The number of hydrogen-bond donors (Lipinski definition) is 2. The Morgan fingerprint density at radius 1 is 1.15 bits per heavy atom. The fourth-order valence-electron chi connectivity index (χ4n) is 3.09. The Morgan fingerprint density at radius 2 is 1.81 bits per heavy atom. The maximum Gasteiger partial charge on any atom is 0.337 e. The van der Waals surface area contributed by atoms with Crippen LogP contribution in [0.15, 0.2) is 18.2 Å². The zero-order valence-corrected chi connectivity index (χ0v) is 15.8. The number of nitrogens with zero attached hydrogens (tertiary/aromatic N) is 3. The maximum atomic E-state index is 12.0. The molecular formula is C19H26N4O4. The summed E-state index contributed by atoms with van der Waals surface area (Å²) >= 11 is 0. The molecule has 2 aliphatic rings. The number of carbonyl (C=O) groups is 3. The van der Waals surface area contributed by atoms with Gasteiger partial charge in [0.2, 0.25) is 11.8 Å². The highest BCUT2D eigenvalue weighted by atomic mass is 16.4. The summed E-state index contributed by atoms with van der Waals surface area (Å²) in [6.45, 7) is 3.30. The van der Waals surface area contributed by atoms with E-state index in [1.807, 2.05) is 6.07 Å². The monoisotopic (exact) mass is 374 g/mol. The van der Waals surface area contributed by atoms with Crippen molar-refractivity contribution in [3.05, 3.63) is 23.8 Å². The van der Waals surface area contributed by atoms with Gasteiger partial charge in [-0.25, -0.2) is 4.79 Å². The van der Waals surface area contributed by atoms with E-state index in [9.17, 15) is 19.5 Å². The molecule has 1 aromatic rings. The first-order valence-corrected chi connectivity index (χ1v) is 9.21. The van der Waals surface area contributed by atoms with Gasteiger partial charge in [0.1, 0.15) is 0 Å². The molecule has 8 nitrogen and oxygen atoms in total. The molecule has 1 saturated carbocycles. The molecule has 0 spiro atoms. The summed E-state index contributed by atoms with van der Waals surface area (Å²) in [6, 6.07) is 5.13. The molecule has 8 heteroatoms. The molecule has 3 rings (SSSR count). The molecule has 1 heterocycles. The Hall–Kier alpha value is -2.61. The predicted octanol–water partition coefficient (Wildman–Crippen LogP) is 0.944. The highest BCUT2D eigenvalue weighted by molar-refractivity contribution is 6.02. The van der Waals surface area contributed by atoms with Gasteiger partial charge in [0.25, 0.3) is 0 Å². The van der Waals surface area contributed by atoms with Crippen LogP contribution in [0.1, 0.15) is 23.2 Å². The summed E-state index contributed by atoms with van der Waals surface area (Å²) in [5, 5.41) is 12.3. The number of likely N-dealkylation sites (N-methyl/N-ethyl adjacent to an activating group) is 1. The van der Waals surface area contributed by atoms with Gasteiger partial charge < -0.3 is 20.2 Å². The molecule has 0 aromatic heterocycles. The van der Waals surface area contributed by atoms with Crippen LogP contribution >= 0.6 is 0 Å². The second-order valence-corrected chi connectivity index (χ2v) is 7.35. The van der Waals surface area contributed by atoms with Crippen molar-refractivity contribution in [1.29, 1.82) is 0 Å². The molecule has 0 radical (unpaired) electrons. The van der Waals surface area contributed by atoms with Crippen molar-refractivity contribution < 1.29 is 19.5 Å². The van der Waals surface area contributed by atoms with Crippen LogP contribution in [0.4, 0.5) is 11.4 Å². The number of aromatic carboxylic acids is 1. The smallest absolute Gasteiger partial charge is 0.337 e. The maximum absolute atomic E-state index is 12.0. The van der Waals surface area contributed by atoms with Gasteiger partial charge in [0, 0.05) is 51.9 Å². The number of amides is 2. The molecule has 1 aromatic carbocycles. The topological polar surface area (TPSA) is 93.2 Å². The van der Waals surface area contributed by atoms with E-state index in [0.717, 1.165) is 31.6 Å². The molecule has 0 unspecified atom stereocenters. The molecule has 146 valence electrons. The number of benzene rings is 1. The number of anilines is 2. The number of piperazine rings is 1. The molecule has 1 saturated heterocycles. The Balaban J connectivity index is 1.65. The molecule has 1 aliphatic carbocycles. The first kappa shape index (κ1) is 19.2. The summed E-state index contributed by atoms with van der Waals surface area (Å²) < 4.78 is 0. The van der Waals surface area contributed by atoms with Crippen molar-refractivity contribution in [3.63, 3.8) is 0 Å². The minimum absolute atomic E-state index is 0.0178. The first-order chi connectivity index (χ1) is 12.8. The van der Waals surface area contributed by atoms with Gasteiger partial charge >= 0.3 is 5.97 Å². The van der Waals surface area contributed by atoms with Crippen LogP contribution in [0.25, 0.3) is 0 Å². The Morgan fingerprint density at radius 3 is 2.37 bits per heavy atom. The van der Waals surface area contributed by atoms with Crippen LogP contribution in [-0.4, -0.2) is 79.5 Å². The summed E-state index contributed by atoms with van der Waals surface area (Å²) in [5.74, 6) is -1.07. The van der Waals surface area contributed by atoms with Crippen molar-refractivity contribution in [1.82, 2.24) is 9.80 Å². The summed E-state index contributed by atoms with van der Waals surface area (Å²) in [6.07, 6.45) is 1.74. The molecule has 2 amide bonds. The van der Waals surface area contributed by atoms with E-state index < -0.39 is 5.97 Å². The third kappa shape index (κ3) is 4.77. The average Bonchev–Trinajstić information content (AvgIpc) is 3.47. The third-order valence-electron chi connectivity index (χ3n) is 5.03. The Bertz CT molecular complexity index is 737. The molecule has 27 heavy (non-hydrogen) atoms. The zero-order chi connectivity index (χ0) is 19.6. The van der Waals surface area contributed by atoms with Crippen molar-refractivity contribution in [3.8, 4) is 0 Å². The minimum atomic E-state index is -1.06. The molecule has 2 N–H and O–H groups in total. The summed E-state index contributed by atoms with van der Waals surface area (Å²) in [5.41, 5.74) is 1.26. The third-order valence-corrected chi connectivity index (χ3v) is 5.03. The van der Waals surface area contributed by atoms with Gasteiger partial charge in [0.15, 0.2) is 0 Å². The van der Waals surface area contributed by atoms with Gasteiger partial charge in [0.05, 0.1) is 17.8 Å². The van der Waals surface area contributed by atoms with Crippen LogP contribution in [0.3, 0.4) is 0 Å². The van der Waals surface area contributed by atoms with Gasteiger partial charge in [-0.05, 0) is 31.0 Å². The van der Waals surface area contributed by atoms with Crippen molar-refractivity contribution in [2.75, 3.05) is 57.0 Å². The van der Waals surface area contributed by atoms with Gasteiger partial charge in [-0.2, -0.15) is 0 Å². The molecule has 1 aliphatic heterocycles. The first-order valence-electron chi connectivity index (χ1n) is 9.21. The van der Waals surface area contributed by atoms with Crippen molar-refractivity contribution >= 4 is 29.2 Å². The molecule has 2 fully saturated rings. The normalized spacial score (nSPS) is 17.5. The number of carbonyl (C=O) groups excluding carboxylic acids is 2. The fraction of sp³-hybridized carbons (Fsp3) is 0.526. The lowest BCUT2D eigenvalue weighted by molar-refractivity contribution is -0.130. The number of carboxylic acid groups (broad SMARTS) is 1. The number of nitrogens with one attached hydrogen (secondary N) is 1. The Labute approximate surface area is 158 Å². The fourth-order valence-corrected chi connectivity index (χ4v) is 3.09. The second kappa shape index (κ2) is 7.96. The standard InChI is InChI=1S/C19H26N4O4/c1-21(2)17(24)12-22-7-9-23(10-8-22)14-5-6-16(15(11-14)19(26)27)20-18(25)13-3-4-13/h5-6,11,13H,3-4,7-10,12H2,1-2H3,(H,20,25)(H,26,27). The number of hydrogen-bond acceptors (Lipinski definition) is 5. The lowest BCUT2D eigenvalue weighted by Crippen LogP contribution is -2.49. The van der Waals surface area contributed by atoms with Crippen LogP contribution < -0.4 is 10.2 Å². The second-order valence-electron chi connectivity index (χ2n) is 7.35. The van der Waals surface area contributed by atoms with Crippen LogP contribution in [0.5, 0.6) is 0 Å². The SMILES string of the molecule is CN(C)C(=O)CN1CCN(c2ccc(NC(=O)C3CC3)c(C(=O)O)c2)CC1. The zero-order valence-electron chi connectivity index (χ0n) is 15.8. The van der Waals surface area contributed by atoms with E-state index >= 15 is 0 Å². The lowest BCUT2D eigenvalue weighted by Gasteiger charge is -2.36. The molecule has 0 bridgehead atoms. The van der Waals surface area contributed by atoms with Crippen molar-refractivity contribution in [2.45, 2.75) is 12.8 Å². The van der Waals surface area contributed by atoms with E-state index in [1.165, 1.54) is 0 Å². The highest BCUT2D eigenvalue weighted by Gasteiger charge is 2.30. The summed E-state index contributed by atoms with van der Waals surface area (Å²) in [7, 11) is 3.49.